The minimum Gasteiger partial charge on any atom is -0.376 e. The highest BCUT2D eigenvalue weighted by Crippen LogP contribution is 2.18. The number of rotatable bonds is 5. The Balaban J connectivity index is 1.61. The summed E-state index contributed by atoms with van der Waals surface area (Å²) in [4.78, 5) is 8.41. The van der Waals surface area contributed by atoms with Crippen molar-refractivity contribution >= 4 is 17.3 Å². The van der Waals surface area contributed by atoms with E-state index in [1.807, 2.05) is 18.2 Å². The van der Waals surface area contributed by atoms with Gasteiger partial charge >= 0.3 is 0 Å². The highest BCUT2D eigenvalue weighted by Gasteiger charge is 2.15. The van der Waals surface area contributed by atoms with E-state index in [2.05, 4.69) is 26.7 Å². The molecule has 2 heterocycles. The quantitative estimate of drug-likeness (QED) is 0.882. The fourth-order valence-electron chi connectivity index (χ4n) is 2.32. The summed E-state index contributed by atoms with van der Waals surface area (Å²) in [5.41, 5.74) is 1.51. The predicted molar refractivity (Wildman–Crippen MR) is 83.9 cm³/mol. The molecule has 0 amide bonds. The Kier molecular flexibility index (Phi) is 4.47. The molecule has 1 aromatic heterocycles. The van der Waals surface area contributed by atoms with Crippen LogP contribution >= 0.6 is 0 Å². The number of nitriles is 1. The first kappa shape index (κ1) is 14.3. The highest BCUT2D eigenvalue weighted by atomic mass is 16.5. The molecule has 0 saturated carbocycles. The largest absolute Gasteiger partial charge is 0.376 e. The Hall–Kier alpha value is -2.65. The van der Waals surface area contributed by atoms with Crippen molar-refractivity contribution in [1.82, 2.24) is 9.97 Å². The van der Waals surface area contributed by atoms with Gasteiger partial charge < -0.3 is 15.4 Å². The number of hydrogen-bond acceptors (Lipinski definition) is 6. The lowest BCUT2D eigenvalue weighted by Crippen LogP contribution is -2.19. The van der Waals surface area contributed by atoms with E-state index in [0.29, 0.717) is 11.4 Å². The maximum atomic E-state index is 8.79. The fraction of sp³-hybridized carbons (Fsp3) is 0.312. The molecule has 1 aliphatic rings. The molecule has 1 saturated heterocycles. The standard InChI is InChI=1S/C16H17N5O/c17-9-12-3-5-13(6-4-12)21-16-8-15(19-11-20-16)18-10-14-2-1-7-22-14/h3-6,8,11,14H,1-2,7,10H2,(H2,18,19,20,21). The SMILES string of the molecule is N#Cc1ccc(Nc2cc(NCC3CCCO3)ncn2)cc1. The first-order chi connectivity index (χ1) is 10.8. The molecule has 6 heteroatoms. The van der Waals surface area contributed by atoms with Crippen LogP contribution in [0.25, 0.3) is 0 Å². The molecule has 1 fully saturated rings. The van der Waals surface area contributed by atoms with Crippen LogP contribution in [0.5, 0.6) is 0 Å². The van der Waals surface area contributed by atoms with Crippen molar-refractivity contribution in [3.63, 3.8) is 0 Å². The molecule has 0 bridgehead atoms. The van der Waals surface area contributed by atoms with E-state index in [0.717, 1.165) is 37.5 Å². The molecule has 2 N–H and O–H groups in total. The first-order valence-corrected chi connectivity index (χ1v) is 7.28. The maximum absolute atomic E-state index is 8.79. The normalized spacial score (nSPS) is 17.0. The fourth-order valence-corrected chi connectivity index (χ4v) is 2.32. The Morgan fingerprint density at radius 3 is 2.77 bits per heavy atom. The number of anilines is 3. The van der Waals surface area contributed by atoms with Crippen molar-refractivity contribution in [3.8, 4) is 6.07 Å². The highest BCUT2D eigenvalue weighted by molar-refractivity contribution is 5.59. The van der Waals surface area contributed by atoms with Crippen LogP contribution in [0, 0.1) is 11.3 Å². The lowest BCUT2D eigenvalue weighted by molar-refractivity contribution is 0.120. The van der Waals surface area contributed by atoms with E-state index in [-0.39, 0.29) is 6.10 Å². The number of hydrogen-bond donors (Lipinski definition) is 2. The topological polar surface area (TPSA) is 82.9 Å². The van der Waals surface area contributed by atoms with Gasteiger partial charge in [0.15, 0.2) is 0 Å². The van der Waals surface area contributed by atoms with Crippen molar-refractivity contribution in [1.29, 1.82) is 5.26 Å². The Labute approximate surface area is 129 Å². The van der Waals surface area contributed by atoms with Crippen molar-refractivity contribution in [2.75, 3.05) is 23.8 Å². The summed E-state index contributed by atoms with van der Waals surface area (Å²) in [6, 6.07) is 11.2. The van der Waals surface area contributed by atoms with Crippen molar-refractivity contribution < 1.29 is 4.74 Å². The second-order valence-corrected chi connectivity index (χ2v) is 5.12. The zero-order valence-electron chi connectivity index (χ0n) is 12.1. The van der Waals surface area contributed by atoms with E-state index in [4.69, 9.17) is 10.00 Å². The van der Waals surface area contributed by atoms with Crippen LogP contribution in [0.1, 0.15) is 18.4 Å². The van der Waals surface area contributed by atoms with Gasteiger partial charge in [0, 0.05) is 24.9 Å². The minimum absolute atomic E-state index is 0.268. The van der Waals surface area contributed by atoms with Gasteiger partial charge in [-0.25, -0.2) is 9.97 Å². The van der Waals surface area contributed by atoms with Gasteiger partial charge in [-0.1, -0.05) is 0 Å². The smallest absolute Gasteiger partial charge is 0.135 e. The van der Waals surface area contributed by atoms with E-state index >= 15 is 0 Å². The molecule has 1 aromatic carbocycles. The van der Waals surface area contributed by atoms with Gasteiger partial charge in [0.05, 0.1) is 17.7 Å². The molecule has 1 aliphatic heterocycles. The molecule has 0 radical (unpaired) electrons. The summed E-state index contributed by atoms with van der Waals surface area (Å²) in [5.74, 6) is 1.47. The lowest BCUT2D eigenvalue weighted by Gasteiger charge is -2.12. The number of ether oxygens (including phenoxy) is 1. The molecule has 1 atom stereocenters. The number of aromatic nitrogens is 2. The second-order valence-electron chi connectivity index (χ2n) is 5.12. The Bertz CT molecular complexity index is 659. The van der Waals surface area contributed by atoms with E-state index in [9.17, 15) is 0 Å². The molecular formula is C16H17N5O. The summed E-state index contributed by atoms with van der Waals surface area (Å²) in [7, 11) is 0. The lowest BCUT2D eigenvalue weighted by atomic mass is 10.2. The molecular weight excluding hydrogens is 278 g/mol. The van der Waals surface area contributed by atoms with Crippen molar-refractivity contribution in [3.05, 3.63) is 42.2 Å². The van der Waals surface area contributed by atoms with Gasteiger partial charge in [0.25, 0.3) is 0 Å². The molecule has 1 unspecified atom stereocenters. The average molecular weight is 295 g/mol. The van der Waals surface area contributed by atoms with E-state index in [1.165, 1.54) is 6.33 Å². The maximum Gasteiger partial charge on any atom is 0.135 e. The second kappa shape index (κ2) is 6.87. The van der Waals surface area contributed by atoms with Crippen LogP contribution in [-0.2, 0) is 4.74 Å². The Morgan fingerprint density at radius 2 is 2.05 bits per heavy atom. The van der Waals surface area contributed by atoms with E-state index < -0.39 is 0 Å². The summed E-state index contributed by atoms with van der Waals surface area (Å²) in [6.45, 7) is 1.61. The number of nitrogens with one attached hydrogen (secondary N) is 2. The minimum atomic E-state index is 0.268. The van der Waals surface area contributed by atoms with Crippen LogP contribution in [0.3, 0.4) is 0 Å². The van der Waals surface area contributed by atoms with E-state index in [1.54, 1.807) is 12.1 Å². The first-order valence-electron chi connectivity index (χ1n) is 7.28. The number of benzene rings is 1. The van der Waals surface area contributed by atoms with Crippen LogP contribution < -0.4 is 10.6 Å². The zero-order chi connectivity index (χ0) is 15.2. The van der Waals surface area contributed by atoms with Gasteiger partial charge in [-0.15, -0.1) is 0 Å². The van der Waals surface area contributed by atoms with Crippen LogP contribution in [0.2, 0.25) is 0 Å². The Morgan fingerprint density at radius 1 is 1.23 bits per heavy atom. The average Bonchev–Trinajstić information content (AvgIpc) is 3.08. The molecule has 112 valence electrons. The van der Waals surface area contributed by atoms with Crippen molar-refractivity contribution in [2.24, 2.45) is 0 Å². The number of nitrogens with zero attached hydrogens (tertiary/aromatic N) is 3. The zero-order valence-corrected chi connectivity index (χ0v) is 12.1. The van der Waals surface area contributed by atoms with Gasteiger partial charge in [0.2, 0.25) is 0 Å². The van der Waals surface area contributed by atoms with Gasteiger partial charge in [-0.3, -0.25) is 0 Å². The monoisotopic (exact) mass is 295 g/mol. The van der Waals surface area contributed by atoms with Crippen molar-refractivity contribution in [2.45, 2.75) is 18.9 Å². The van der Waals surface area contributed by atoms with Gasteiger partial charge in [-0.2, -0.15) is 5.26 Å². The summed E-state index contributed by atoms with van der Waals surface area (Å²) >= 11 is 0. The third kappa shape index (κ3) is 3.71. The predicted octanol–water partition coefficient (Wildman–Crippen LogP) is 2.68. The summed E-state index contributed by atoms with van der Waals surface area (Å²) in [5, 5.41) is 15.3. The molecule has 0 aliphatic carbocycles. The summed E-state index contributed by atoms with van der Waals surface area (Å²) < 4.78 is 5.57. The van der Waals surface area contributed by atoms with Gasteiger partial charge in [0.1, 0.15) is 18.0 Å². The molecule has 2 aromatic rings. The third-order valence-corrected chi connectivity index (χ3v) is 3.49. The van der Waals surface area contributed by atoms with Crippen LogP contribution in [0.15, 0.2) is 36.7 Å². The summed E-state index contributed by atoms with van der Waals surface area (Å²) in [6.07, 6.45) is 4.00. The molecule has 0 spiro atoms. The molecule has 3 rings (SSSR count). The third-order valence-electron chi connectivity index (χ3n) is 3.49. The molecule has 22 heavy (non-hydrogen) atoms. The van der Waals surface area contributed by atoms with Crippen LogP contribution in [-0.4, -0.2) is 29.2 Å². The molecule has 6 nitrogen and oxygen atoms in total. The van der Waals surface area contributed by atoms with Gasteiger partial charge in [-0.05, 0) is 37.1 Å². The van der Waals surface area contributed by atoms with Crippen LogP contribution in [0.4, 0.5) is 17.3 Å².